The van der Waals surface area contributed by atoms with E-state index in [1.807, 2.05) is 0 Å². The van der Waals surface area contributed by atoms with Gasteiger partial charge >= 0.3 is 0 Å². The molecule has 0 amide bonds. The van der Waals surface area contributed by atoms with Crippen molar-refractivity contribution < 1.29 is 0 Å². The first-order valence-electron chi connectivity index (χ1n) is 13.6. The van der Waals surface area contributed by atoms with Crippen LogP contribution in [-0.2, 0) is 0 Å². The summed E-state index contributed by atoms with van der Waals surface area (Å²) in [6.07, 6.45) is 26.9. The summed E-state index contributed by atoms with van der Waals surface area (Å²) in [5, 5.41) is 0. The number of hydrogen-bond acceptors (Lipinski definition) is 0. The molecule has 0 unspecified atom stereocenters. The second kappa shape index (κ2) is 17.0. The zero-order chi connectivity index (χ0) is 24.6. The van der Waals surface area contributed by atoms with Gasteiger partial charge in [-0.15, -0.1) is 0 Å². The zero-order valence-corrected chi connectivity index (χ0v) is 23.2. The van der Waals surface area contributed by atoms with Crippen LogP contribution in [0.3, 0.4) is 0 Å². The van der Waals surface area contributed by atoms with E-state index in [2.05, 4.69) is 85.4 Å². The summed E-state index contributed by atoms with van der Waals surface area (Å²) >= 11 is 0. The van der Waals surface area contributed by atoms with Gasteiger partial charge in [-0.25, -0.2) is 0 Å². The highest BCUT2D eigenvalue weighted by molar-refractivity contribution is 5.12. The van der Waals surface area contributed by atoms with Gasteiger partial charge in [0.25, 0.3) is 0 Å². The fourth-order valence-electron chi connectivity index (χ4n) is 4.83. The van der Waals surface area contributed by atoms with E-state index in [0.29, 0.717) is 0 Å². The van der Waals surface area contributed by atoms with Crippen LogP contribution in [0.4, 0.5) is 0 Å². The van der Waals surface area contributed by atoms with Crippen molar-refractivity contribution >= 4 is 0 Å². The Bertz CT molecular complexity index is 726. The molecule has 2 atom stereocenters. The van der Waals surface area contributed by atoms with Crippen LogP contribution in [-0.4, -0.2) is 0 Å². The summed E-state index contributed by atoms with van der Waals surface area (Å²) in [6, 6.07) is 0. The monoisotopic (exact) mass is 450 g/mol. The van der Waals surface area contributed by atoms with E-state index in [-0.39, 0.29) is 0 Å². The van der Waals surface area contributed by atoms with Crippen molar-refractivity contribution in [3.05, 3.63) is 70.4 Å². The van der Waals surface area contributed by atoms with E-state index in [0.717, 1.165) is 24.7 Å². The molecule has 0 spiro atoms. The predicted octanol–water partition coefficient (Wildman–Crippen LogP) is 11.2. The van der Waals surface area contributed by atoms with Gasteiger partial charge in [0, 0.05) is 0 Å². The lowest BCUT2D eigenvalue weighted by atomic mass is 9.79. The van der Waals surface area contributed by atoms with E-state index in [9.17, 15) is 0 Å². The number of rotatable bonds is 15. The average Bonchev–Trinajstić information content (AvgIpc) is 2.71. The van der Waals surface area contributed by atoms with Crippen molar-refractivity contribution in [1.29, 1.82) is 0 Å². The Morgan fingerprint density at radius 1 is 0.788 bits per heavy atom. The Hall–Kier alpha value is -1.56. The topological polar surface area (TPSA) is 0 Å². The molecule has 0 saturated carbocycles. The first kappa shape index (κ1) is 29.5. The molecule has 1 rings (SSSR count). The van der Waals surface area contributed by atoms with Gasteiger partial charge in [-0.1, -0.05) is 77.3 Å². The lowest BCUT2D eigenvalue weighted by Gasteiger charge is -2.26. The molecule has 0 aromatic carbocycles. The Morgan fingerprint density at radius 3 is 1.91 bits per heavy atom. The minimum Gasteiger partial charge on any atom is -0.0999 e. The van der Waals surface area contributed by atoms with Crippen LogP contribution in [0.25, 0.3) is 0 Å². The van der Waals surface area contributed by atoms with Crippen LogP contribution >= 0.6 is 0 Å². The summed E-state index contributed by atoms with van der Waals surface area (Å²) in [4.78, 5) is 0. The van der Waals surface area contributed by atoms with E-state index in [1.54, 1.807) is 11.1 Å². The first-order valence-corrected chi connectivity index (χ1v) is 13.6. The summed E-state index contributed by atoms with van der Waals surface area (Å²) in [5.41, 5.74) is 9.06. The van der Waals surface area contributed by atoms with Gasteiger partial charge in [0.15, 0.2) is 0 Å². The molecule has 186 valence electrons. The molecule has 33 heavy (non-hydrogen) atoms. The highest BCUT2D eigenvalue weighted by atomic mass is 14.2. The highest BCUT2D eigenvalue weighted by Crippen LogP contribution is 2.33. The van der Waals surface area contributed by atoms with Crippen LogP contribution in [0.15, 0.2) is 70.4 Å². The van der Waals surface area contributed by atoms with E-state index in [1.165, 1.54) is 86.5 Å². The molecule has 0 aromatic rings. The van der Waals surface area contributed by atoms with Crippen LogP contribution in [0.2, 0.25) is 0 Å². The van der Waals surface area contributed by atoms with E-state index < -0.39 is 0 Å². The molecule has 1 aliphatic carbocycles. The second-order valence-electron chi connectivity index (χ2n) is 11.2. The third-order valence-electron chi connectivity index (χ3n) is 6.79. The SMILES string of the molecule is C=C(CC/C=C(\C)CCC=C(C)C)CC[C@H]1C=C(CC/C=C(\C)CCC=C(C)C)C[C@@H](C)C1. The van der Waals surface area contributed by atoms with Gasteiger partial charge in [0.1, 0.15) is 0 Å². The Labute approximate surface area is 207 Å². The molecule has 0 radical (unpaired) electrons. The lowest BCUT2D eigenvalue weighted by molar-refractivity contribution is 0.391. The molecule has 0 heterocycles. The minimum atomic E-state index is 0.754. The first-order chi connectivity index (χ1) is 15.7. The van der Waals surface area contributed by atoms with Crippen molar-refractivity contribution in [2.24, 2.45) is 11.8 Å². The molecule has 0 bridgehead atoms. The molecule has 0 aromatic heterocycles. The largest absolute Gasteiger partial charge is 0.0999 e. The van der Waals surface area contributed by atoms with Gasteiger partial charge in [0.2, 0.25) is 0 Å². The Morgan fingerprint density at radius 2 is 1.33 bits per heavy atom. The lowest BCUT2D eigenvalue weighted by Crippen LogP contribution is -2.12. The smallest absolute Gasteiger partial charge is 0.0225 e. The summed E-state index contributed by atoms with van der Waals surface area (Å²) in [5.74, 6) is 1.59. The van der Waals surface area contributed by atoms with Crippen molar-refractivity contribution in [2.75, 3.05) is 0 Å². The number of hydrogen-bond donors (Lipinski definition) is 0. The third kappa shape index (κ3) is 15.8. The molecule has 1 aliphatic rings. The van der Waals surface area contributed by atoms with E-state index >= 15 is 0 Å². The maximum atomic E-state index is 4.39. The molecule has 0 nitrogen and oxygen atoms in total. The Kier molecular flexibility index (Phi) is 15.1. The molecule has 0 saturated heterocycles. The Balaban J connectivity index is 2.38. The van der Waals surface area contributed by atoms with Gasteiger partial charge in [-0.3, -0.25) is 0 Å². The standard InChI is InChI=1S/C33H54/c1-26(2)13-9-15-28(5)17-11-18-30(7)21-22-33-24-31(8)23-32(25-33)20-12-19-29(6)16-10-14-27(3)4/h13-14,17,19,25,31,33H,7,9-12,15-16,18,20-24H2,1-6,8H3/b28-17+,29-19+/t31-,33-/m1/s1. The summed E-state index contributed by atoms with van der Waals surface area (Å²) < 4.78 is 0. The molecule has 0 N–H and O–H groups in total. The molecule has 0 fully saturated rings. The fraction of sp³-hybridized carbons (Fsp3) is 0.636. The molecular formula is C33H54. The van der Waals surface area contributed by atoms with Crippen molar-refractivity contribution in [3.8, 4) is 0 Å². The van der Waals surface area contributed by atoms with Crippen LogP contribution in [0, 0.1) is 11.8 Å². The summed E-state index contributed by atoms with van der Waals surface area (Å²) in [7, 11) is 0. The van der Waals surface area contributed by atoms with Crippen molar-refractivity contribution in [2.45, 2.75) is 126 Å². The fourth-order valence-corrected chi connectivity index (χ4v) is 4.83. The number of allylic oxidation sites excluding steroid dienone is 11. The molecular weight excluding hydrogens is 396 g/mol. The van der Waals surface area contributed by atoms with Crippen LogP contribution in [0.1, 0.15) is 126 Å². The van der Waals surface area contributed by atoms with Gasteiger partial charge in [-0.05, 0) is 130 Å². The maximum absolute atomic E-state index is 4.39. The summed E-state index contributed by atoms with van der Waals surface area (Å²) in [6.45, 7) is 20.1. The van der Waals surface area contributed by atoms with Crippen LogP contribution < -0.4 is 0 Å². The van der Waals surface area contributed by atoms with E-state index in [4.69, 9.17) is 0 Å². The molecule has 0 heteroatoms. The molecule has 0 aliphatic heterocycles. The highest BCUT2D eigenvalue weighted by Gasteiger charge is 2.19. The van der Waals surface area contributed by atoms with Gasteiger partial charge < -0.3 is 0 Å². The third-order valence-corrected chi connectivity index (χ3v) is 6.79. The maximum Gasteiger partial charge on any atom is -0.0225 e. The zero-order valence-electron chi connectivity index (χ0n) is 23.2. The van der Waals surface area contributed by atoms with Crippen molar-refractivity contribution in [3.63, 3.8) is 0 Å². The normalized spacial score (nSPS) is 19.2. The van der Waals surface area contributed by atoms with Gasteiger partial charge in [-0.2, -0.15) is 0 Å². The predicted molar refractivity (Wildman–Crippen MR) is 152 cm³/mol. The van der Waals surface area contributed by atoms with Crippen molar-refractivity contribution in [1.82, 2.24) is 0 Å². The van der Waals surface area contributed by atoms with Crippen LogP contribution in [0.5, 0.6) is 0 Å². The average molecular weight is 451 g/mol. The minimum absolute atomic E-state index is 0.754. The quantitative estimate of drug-likeness (QED) is 0.218. The second-order valence-corrected chi connectivity index (χ2v) is 11.2. The van der Waals surface area contributed by atoms with Gasteiger partial charge in [0.05, 0.1) is 0 Å².